The molecule has 1 N–H and O–H groups in total. The van der Waals surface area contributed by atoms with Crippen LogP contribution in [0.5, 0.6) is 5.75 Å². The van der Waals surface area contributed by atoms with E-state index in [9.17, 15) is 0 Å². The molecule has 1 aromatic carbocycles. The van der Waals surface area contributed by atoms with Gasteiger partial charge in [0, 0.05) is 44.6 Å². The van der Waals surface area contributed by atoms with Crippen LogP contribution in [0.2, 0.25) is 0 Å². The fourth-order valence-electron chi connectivity index (χ4n) is 3.54. The second-order valence-corrected chi connectivity index (χ2v) is 6.23. The summed E-state index contributed by atoms with van der Waals surface area (Å²) in [7, 11) is 1.74. The molecule has 1 unspecified atom stereocenters. The van der Waals surface area contributed by atoms with Crippen molar-refractivity contribution in [3.8, 4) is 5.75 Å². The van der Waals surface area contributed by atoms with Gasteiger partial charge in [0.1, 0.15) is 5.75 Å². The summed E-state index contributed by atoms with van der Waals surface area (Å²) in [6.07, 6.45) is 3.76. The van der Waals surface area contributed by atoms with Gasteiger partial charge in [0.15, 0.2) is 0 Å². The minimum absolute atomic E-state index is 0. The molecule has 1 fully saturated rings. The van der Waals surface area contributed by atoms with Crippen LogP contribution in [0.4, 0.5) is 0 Å². The predicted octanol–water partition coefficient (Wildman–Crippen LogP) is 3.28. The Hall–Kier alpha value is -1.62. The second-order valence-electron chi connectivity index (χ2n) is 6.23. The molecule has 2 aromatic rings. The zero-order chi connectivity index (χ0) is 16.2. The molecule has 0 saturated carbocycles. The van der Waals surface area contributed by atoms with Crippen molar-refractivity contribution in [3.63, 3.8) is 0 Å². The SMILES string of the molecule is COc1c(C)cc(CN2CCNCC2c2ccncc2)cc1C.Cl. The van der Waals surface area contributed by atoms with Crippen LogP contribution in [0.1, 0.15) is 28.3 Å². The van der Waals surface area contributed by atoms with Crippen LogP contribution in [0.3, 0.4) is 0 Å². The molecule has 1 aliphatic heterocycles. The van der Waals surface area contributed by atoms with E-state index in [0.29, 0.717) is 6.04 Å². The van der Waals surface area contributed by atoms with Crippen LogP contribution >= 0.6 is 12.4 Å². The second kappa shape index (κ2) is 8.47. The molecule has 0 spiro atoms. The van der Waals surface area contributed by atoms with Crippen LogP contribution in [-0.2, 0) is 6.54 Å². The van der Waals surface area contributed by atoms with Gasteiger partial charge in [0.05, 0.1) is 7.11 Å². The van der Waals surface area contributed by atoms with Crippen molar-refractivity contribution in [3.05, 3.63) is 58.9 Å². The minimum Gasteiger partial charge on any atom is -0.496 e. The number of methoxy groups -OCH3 is 1. The van der Waals surface area contributed by atoms with Crippen molar-refractivity contribution in [1.29, 1.82) is 0 Å². The summed E-state index contributed by atoms with van der Waals surface area (Å²) in [5, 5.41) is 3.51. The number of piperazine rings is 1. The molecular formula is C19H26ClN3O. The molecule has 1 aliphatic rings. The van der Waals surface area contributed by atoms with Crippen molar-refractivity contribution in [2.75, 3.05) is 26.7 Å². The molecule has 24 heavy (non-hydrogen) atoms. The third kappa shape index (κ3) is 4.07. The number of aryl methyl sites for hydroxylation is 2. The first kappa shape index (κ1) is 18.7. The highest BCUT2D eigenvalue weighted by molar-refractivity contribution is 5.85. The first-order valence-corrected chi connectivity index (χ1v) is 8.18. The molecule has 4 nitrogen and oxygen atoms in total. The number of nitrogens with zero attached hydrogens (tertiary/aromatic N) is 2. The third-order valence-electron chi connectivity index (χ3n) is 4.56. The number of hydrogen-bond donors (Lipinski definition) is 1. The zero-order valence-corrected chi connectivity index (χ0v) is 15.4. The topological polar surface area (TPSA) is 37.4 Å². The number of nitrogens with one attached hydrogen (secondary N) is 1. The highest BCUT2D eigenvalue weighted by Gasteiger charge is 2.24. The highest BCUT2D eigenvalue weighted by Crippen LogP contribution is 2.28. The molecule has 0 bridgehead atoms. The summed E-state index contributed by atoms with van der Waals surface area (Å²) in [5.74, 6) is 1.000. The number of pyridine rings is 1. The van der Waals surface area contributed by atoms with Gasteiger partial charge in [-0.2, -0.15) is 0 Å². The average Bonchev–Trinajstić information content (AvgIpc) is 2.56. The van der Waals surface area contributed by atoms with Crippen LogP contribution < -0.4 is 10.1 Å². The Morgan fingerprint density at radius 3 is 2.50 bits per heavy atom. The molecule has 1 atom stereocenters. The van der Waals surface area contributed by atoms with Crippen molar-refractivity contribution in [2.45, 2.75) is 26.4 Å². The summed E-state index contributed by atoms with van der Waals surface area (Å²) in [5.41, 5.74) is 5.09. The van der Waals surface area contributed by atoms with Crippen LogP contribution in [0.15, 0.2) is 36.7 Å². The van der Waals surface area contributed by atoms with E-state index in [1.807, 2.05) is 12.4 Å². The molecule has 1 aromatic heterocycles. The summed E-state index contributed by atoms with van der Waals surface area (Å²) in [6.45, 7) is 8.27. The predicted molar refractivity (Wildman–Crippen MR) is 100.0 cm³/mol. The summed E-state index contributed by atoms with van der Waals surface area (Å²) < 4.78 is 5.48. The number of aromatic nitrogens is 1. The van der Waals surface area contributed by atoms with E-state index in [2.05, 4.69) is 53.3 Å². The van der Waals surface area contributed by atoms with Crippen LogP contribution in [-0.4, -0.2) is 36.6 Å². The lowest BCUT2D eigenvalue weighted by Crippen LogP contribution is -2.45. The Kier molecular flexibility index (Phi) is 6.60. The van der Waals surface area contributed by atoms with E-state index in [-0.39, 0.29) is 12.4 Å². The Bertz CT molecular complexity index is 640. The van der Waals surface area contributed by atoms with Crippen molar-refractivity contribution < 1.29 is 4.74 Å². The fourth-order valence-corrected chi connectivity index (χ4v) is 3.54. The zero-order valence-electron chi connectivity index (χ0n) is 14.6. The van der Waals surface area contributed by atoms with Crippen LogP contribution in [0.25, 0.3) is 0 Å². The number of benzene rings is 1. The lowest BCUT2D eigenvalue weighted by atomic mass is 10.0. The van der Waals surface area contributed by atoms with E-state index in [1.165, 1.54) is 22.3 Å². The molecule has 5 heteroatoms. The van der Waals surface area contributed by atoms with E-state index in [1.54, 1.807) is 7.11 Å². The molecule has 130 valence electrons. The summed E-state index contributed by atoms with van der Waals surface area (Å²) in [6, 6.07) is 9.13. The summed E-state index contributed by atoms with van der Waals surface area (Å²) in [4.78, 5) is 6.69. The lowest BCUT2D eigenvalue weighted by molar-refractivity contribution is 0.153. The van der Waals surface area contributed by atoms with Gasteiger partial charge in [0.2, 0.25) is 0 Å². The molecular weight excluding hydrogens is 322 g/mol. The van der Waals surface area contributed by atoms with Gasteiger partial charge in [-0.3, -0.25) is 9.88 Å². The van der Waals surface area contributed by atoms with Gasteiger partial charge < -0.3 is 10.1 Å². The number of rotatable bonds is 4. The molecule has 0 amide bonds. The fraction of sp³-hybridized carbons (Fsp3) is 0.421. The third-order valence-corrected chi connectivity index (χ3v) is 4.56. The van der Waals surface area contributed by atoms with E-state index in [4.69, 9.17) is 4.74 Å². The van der Waals surface area contributed by atoms with E-state index >= 15 is 0 Å². The maximum Gasteiger partial charge on any atom is 0.124 e. The smallest absolute Gasteiger partial charge is 0.124 e. The van der Waals surface area contributed by atoms with Gasteiger partial charge in [0.25, 0.3) is 0 Å². The molecule has 2 heterocycles. The molecule has 3 rings (SSSR count). The van der Waals surface area contributed by atoms with Gasteiger partial charge in [-0.1, -0.05) is 12.1 Å². The van der Waals surface area contributed by atoms with Gasteiger partial charge in [-0.15, -0.1) is 12.4 Å². The van der Waals surface area contributed by atoms with Crippen LogP contribution in [0, 0.1) is 13.8 Å². The highest BCUT2D eigenvalue weighted by atomic mass is 35.5. The molecule has 0 radical (unpaired) electrons. The van der Waals surface area contributed by atoms with Gasteiger partial charge >= 0.3 is 0 Å². The Morgan fingerprint density at radius 2 is 1.88 bits per heavy atom. The van der Waals surface area contributed by atoms with Crippen molar-refractivity contribution >= 4 is 12.4 Å². The Labute approximate surface area is 150 Å². The summed E-state index contributed by atoms with van der Waals surface area (Å²) >= 11 is 0. The average molecular weight is 348 g/mol. The quantitative estimate of drug-likeness (QED) is 0.921. The minimum atomic E-state index is 0. The largest absolute Gasteiger partial charge is 0.496 e. The first-order valence-electron chi connectivity index (χ1n) is 8.18. The maximum absolute atomic E-state index is 5.48. The standard InChI is InChI=1S/C19H25N3O.ClH/c1-14-10-16(11-15(2)19(14)23-3)13-22-9-8-21-12-18(22)17-4-6-20-7-5-17;/h4-7,10-11,18,21H,8-9,12-13H2,1-3H3;1H. The maximum atomic E-state index is 5.48. The molecule has 1 saturated heterocycles. The normalized spacial score (nSPS) is 18.0. The van der Waals surface area contributed by atoms with E-state index in [0.717, 1.165) is 31.9 Å². The van der Waals surface area contributed by atoms with Gasteiger partial charge in [-0.05, 0) is 48.2 Å². The molecule has 0 aliphatic carbocycles. The number of ether oxygens (including phenoxy) is 1. The Balaban J connectivity index is 0.00000208. The Morgan fingerprint density at radius 1 is 1.21 bits per heavy atom. The van der Waals surface area contributed by atoms with E-state index < -0.39 is 0 Å². The van der Waals surface area contributed by atoms with Crippen molar-refractivity contribution in [2.24, 2.45) is 0 Å². The monoisotopic (exact) mass is 347 g/mol. The number of halogens is 1. The van der Waals surface area contributed by atoms with Gasteiger partial charge in [-0.25, -0.2) is 0 Å². The first-order chi connectivity index (χ1) is 11.2. The lowest BCUT2D eigenvalue weighted by Gasteiger charge is -2.36. The number of hydrogen-bond acceptors (Lipinski definition) is 4. The van der Waals surface area contributed by atoms with Crippen molar-refractivity contribution in [1.82, 2.24) is 15.2 Å².